The lowest BCUT2D eigenvalue weighted by molar-refractivity contribution is -0.384. The number of hydrogen-bond donors (Lipinski definition) is 1. The van der Waals surface area contributed by atoms with E-state index in [2.05, 4.69) is 5.32 Å². The maximum Gasteiger partial charge on any atom is 0.271 e. The smallest absolute Gasteiger partial charge is 0.271 e. The van der Waals surface area contributed by atoms with E-state index in [-0.39, 0.29) is 36.0 Å². The van der Waals surface area contributed by atoms with Gasteiger partial charge in [-0.1, -0.05) is 31.2 Å². The molecule has 0 saturated heterocycles. The number of aryl methyl sites for hydroxylation is 1. The van der Waals surface area contributed by atoms with Crippen molar-refractivity contribution < 1.29 is 27.7 Å². The fraction of sp³-hybridized carbons (Fsp3) is 0.462. The highest BCUT2D eigenvalue weighted by molar-refractivity contribution is 7.92. The van der Waals surface area contributed by atoms with Gasteiger partial charge in [0.25, 0.3) is 5.69 Å². The molecular formula is C26H36N4O7S. The van der Waals surface area contributed by atoms with Gasteiger partial charge < -0.3 is 15.0 Å². The molecule has 0 bridgehead atoms. The van der Waals surface area contributed by atoms with Crippen molar-refractivity contribution in [3.8, 4) is 5.75 Å². The van der Waals surface area contributed by atoms with Crippen molar-refractivity contribution >= 4 is 33.2 Å². The van der Waals surface area contributed by atoms with Crippen LogP contribution in [0.2, 0.25) is 0 Å². The minimum Gasteiger partial charge on any atom is -0.495 e. The number of hydrogen-bond acceptors (Lipinski definition) is 7. The Balaban J connectivity index is 2.60. The summed E-state index contributed by atoms with van der Waals surface area (Å²) in [5.41, 5.74) is 0.616. The second kappa shape index (κ2) is 12.2. The van der Waals surface area contributed by atoms with Crippen LogP contribution in [0.4, 0.5) is 11.4 Å². The van der Waals surface area contributed by atoms with E-state index in [1.807, 2.05) is 52.0 Å². The number of non-ortho nitro benzene ring substituents is 1. The summed E-state index contributed by atoms with van der Waals surface area (Å²) in [6.07, 6.45) is 1.17. The Morgan fingerprint density at radius 2 is 1.79 bits per heavy atom. The average Bonchev–Trinajstić information content (AvgIpc) is 2.81. The van der Waals surface area contributed by atoms with Crippen LogP contribution in [-0.2, 0) is 26.2 Å². The minimum atomic E-state index is -4.10. The van der Waals surface area contributed by atoms with Gasteiger partial charge >= 0.3 is 0 Å². The van der Waals surface area contributed by atoms with E-state index in [0.717, 1.165) is 27.8 Å². The predicted molar refractivity (Wildman–Crippen MR) is 146 cm³/mol. The van der Waals surface area contributed by atoms with Crippen LogP contribution in [-0.4, -0.2) is 61.5 Å². The quantitative estimate of drug-likeness (QED) is 0.335. The number of ether oxygens (including phenoxy) is 1. The van der Waals surface area contributed by atoms with Gasteiger partial charge in [0.2, 0.25) is 21.8 Å². The molecule has 12 heteroatoms. The van der Waals surface area contributed by atoms with Crippen molar-refractivity contribution in [1.29, 1.82) is 0 Å². The molecule has 0 spiro atoms. The zero-order valence-corrected chi connectivity index (χ0v) is 23.7. The fourth-order valence-electron chi connectivity index (χ4n) is 3.93. The standard InChI is InChI=1S/C26H36N4O7S/c1-8-21(25(32)27-26(3,4)5)28(16-19-12-10-9-11-18(19)2)24(31)17-29(38(7,35)36)22-15-20(30(33)34)13-14-23(22)37-6/h9-15,21H,8,16-17H2,1-7H3,(H,27,32). The molecule has 2 aromatic carbocycles. The van der Waals surface area contributed by atoms with Crippen molar-refractivity contribution in [1.82, 2.24) is 10.2 Å². The molecule has 0 aliphatic heterocycles. The van der Waals surface area contributed by atoms with Gasteiger partial charge in [0.05, 0.1) is 18.3 Å². The van der Waals surface area contributed by atoms with E-state index in [1.54, 1.807) is 6.92 Å². The largest absolute Gasteiger partial charge is 0.495 e. The van der Waals surface area contributed by atoms with Gasteiger partial charge in [-0.25, -0.2) is 8.42 Å². The Hall–Kier alpha value is -3.67. The highest BCUT2D eigenvalue weighted by atomic mass is 32.2. The molecule has 38 heavy (non-hydrogen) atoms. The third-order valence-electron chi connectivity index (χ3n) is 5.81. The highest BCUT2D eigenvalue weighted by Crippen LogP contribution is 2.34. The fourth-order valence-corrected chi connectivity index (χ4v) is 4.77. The number of nitro benzene ring substituents is 1. The molecular weight excluding hydrogens is 512 g/mol. The zero-order chi connectivity index (χ0) is 28.8. The SMILES string of the molecule is CCC(C(=O)NC(C)(C)C)N(Cc1ccccc1C)C(=O)CN(c1cc([N+](=O)[O-])ccc1OC)S(C)(=O)=O. The van der Waals surface area contributed by atoms with Crippen LogP contribution < -0.4 is 14.4 Å². The van der Waals surface area contributed by atoms with Gasteiger partial charge in [0, 0.05) is 24.2 Å². The van der Waals surface area contributed by atoms with Crippen molar-refractivity contribution in [3.05, 3.63) is 63.7 Å². The van der Waals surface area contributed by atoms with E-state index in [4.69, 9.17) is 4.74 Å². The molecule has 0 aromatic heterocycles. The summed E-state index contributed by atoms with van der Waals surface area (Å²) >= 11 is 0. The highest BCUT2D eigenvalue weighted by Gasteiger charge is 2.34. The number of benzene rings is 2. The lowest BCUT2D eigenvalue weighted by atomic mass is 10.0. The van der Waals surface area contributed by atoms with Gasteiger partial charge in [0.1, 0.15) is 24.0 Å². The molecule has 2 aromatic rings. The number of anilines is 1. The molecule has 208 valence electrons. The number of nitro groups is 1. The Morgan fingerprint density at radius 1 is 1.16 bits per heavy atom. The first kappa shape index (κ1) is 30.6. The second-order valence-electron chi connectivity index (χ2n) is 9.99. The molecule has 0 radical (unpaired) electrons. The number of sulfonamides is 1. The minimum absolute atomic E-state index is 0.0387. The van der Waals surface area contributed by atoms with Gasteiger partial charge in [-0.2, -0.15) is 0 Å². The maximum absolute atomic E-state index is 13.8. The summed E-state index contributed by atoms with van der Waals surface area (Å²) in [5, 5.41) is 14.3. The summed E-state index contributed by atoms with van der Waals surface area (Å²) in [5.74, 6) is -0.985. The summed E-state index contributed by atoms with van der Waals surface area (Å²) < 4.78 is 31.7. The number of carbonyl (C=O) groups excluding carboxylic acids is 2. The molecule has 2 rings (SSSR count). The number of rotatable bonds is 11. The molecule has 1 unspecified atom stereocenters. The molecule has 0 aliphatic carbocycles. The van der Waals surface area contributed by atoms with E-state index in [9.17, 15) is 28.1 Å². The van der Waals surface area contributed by atoms with Crippen LogP contribution in [0.3, 0.4) is 0 Å². The molecule has 0 saturated carbocycles. The monoisotopic (exact) mass is 548 g/mol. The van der Waals surface area contributed by atoms with E-state index in [0.29, 0.717) is 0 Å². The number of methoxy groups -OCH3 is 1. The molecule has 0 heterocycles. The van der Waals surface area contributed by atoms with Gasteiger partial charge in [-0.15, -0.1) is 0 Å². The third kappa shape index (κ3) is 7.91. The summed E-state index contributed by atoms with van der Waals surface area (Å²) in [4.78, 5) is 39.2. The Morgan fingerprint density at radius 3 is 2.29 bits per heavy atom. The van der Waals surface area contributed by atoms with Crippen molar-refractivity contribution in [3.63, 3.8) is 0 Å². The van der Waals surface area contributed by atoms with E-state index in [1.165, 1.54) is 24.1 Å². The van der Waals surface area contributed by atoms with Crippen molar-refractivity contribution in [2.24, 2.45) is 0 Å². The summed E-state index contributed by atoms with van der Waals surface area (Å²) in [6, 6.07) is 9.99. The Labute approximate surface area is 224 Å². The second-order valence-corrected chi connectivity index (χ2v) is 11.9. The van der Waals surface area contributed by atoms with Crippen LogP contribution in [0.15, 0.2) is 42.5 Å². The van der Waals surface area contributed by atoms with Gasteiger partial charge in [-0.3, -0.25) is 24.0 Å². The average molecular weight is 549 g/mol. The molecule has 11 nitrogen and oxygen atoms in total. The molecule has 1 N–H and O–H groups in total. The summed E-state index contributed by atoms with van der Waals surface area (Å²) in [6.45, 7) is 8.49. The Kier molecular flexibility index (Phi) is 9.85. The van der Waals surface area contributed by atoms with E-state index >= 15 is 0 Å². The zero-order valence-electron chi connectivity index (χ0n) is 22.8. The number of nitrogens with one attached hydrogen (secondary N) is 1. The summed E-state index contributed by atoms with van der Waals surface area (Å²) in [7, 11) is -2.81. The van der Waals surface area contributed by atoms with Gasteiger partial charge in [-0.05, 0) is 51.3 Å². The van der Waals surface area contributed by atoms with Crippen LogP contribution in [0.1, 0.15) is 45.2 Å². The normalized spacial score (nSPS) is 12.4. The number of nitrogens with zero attached hydrogens (tertiary/aromatic N) is 3. The topological polar surface area (TPSA) is 139 Å². The van der Waals surface area contributed by atoms with Crippen LogP contribution >= 0.6 is 0 Å². The van der Waals surface area contributed by atoms with Crippen molar-refractivity contribution in [2.45, 2.75) is 59.2 Å². The van der Waals surface area contributed by atoms with Crippen LogP contribution in [0.25, 0.3) is 0 Å². The first-order valence-electron chi connectivity index (χ1n) is 12.0. The lowest BCUT2D eigenvalue weighted by Gasteiger charge is -2.35. The van der Waals surface area contributed by atoms with Crippen LogP contribution in [0, 0.1) is 17.0 Å². The first-order chi connectivity index (χ1) is 17.6. The molecule has 0 fully saturated rings. The third-order valence-corrected chi connectivity index (χ3v) is 6.93. The maximum atomic E-state index is 13.8. The number of carbonyl (C=O) groups is 2. The van der Waals surface area contributed by atoms with Crippen molar-refractivity contribution in [2.75, 3.05) is 24.2 Å². The van der Waals surface area contributed by atoms with Crippen LogP contribution in [0.5, 0.6) is 5.75 Å². The first-order valence-corrected chi connectivity index (χ1v) is 13.9. The Bertz CT molecular complexity index is 1290. The lowest BCUT2D eigenvalue weighted by Crippen LogP contribution is -2.55. The molecule has 0 aliphatic rings. The van der Waals surface area contributed by atoms with E-state index < -0.39 is 39.0 Å². The molecule has 1 atom stereocenters. The molecule has 2 amide bonds. The number of amides is 2. The van der Waals surface area contributed by atoms with Gasteiger partial charge in [0.15, 0.2) is 0 Å². The predicted octanol–water partition coefficient (Wildman–Crippen LogP) is 3.40.